The molecule has 0 atom stereocenters. The van der Waals surface area contributed by atoms with Crippen LogP contribution in [0.2, 0.25) is 0 Å². The molecule has 0 aliphatic carbocycles. The van der Waals surface area contributed by atoms with E-state index in [1.54, 1.807) is 18.3 Å². The maximum atomic E-state index is 13.0. The summed E-state index contributed by atoms with van der Waals surface area (Å²) in [6, 6.07) is 11.9. The summed E-state index contributed by atoms with van der Waals surface area (Å²) in [6.07, 6.45) is 1.56. The van der Waals surface area contributed by atoms with Crippen molar-refractivity contribution in [3.05, 3.63) is 71.7 Å². The summed E-state index contributed by atoms with van der Waals surface area (Å²) in [6.45, 7) is -0.167. The SMILES string of the molecule is COc1cc(C(=O)NCc2ccc(Oc3ccc(F)cc3)nc2)cc(OC)c1OCC(N)=O. The van der Waals surface area contributed by atoms with E-state index in [2.05, 4.69) is 10.3 Å². The highest BCUT2D eigenvalue weighted by molar-refractivity contribution is 5.95. The van der Waals surface area contributed by atoms with Crippen molar-refractivity contribution in [2.45, 2.75) is 6.54 Å². The first-order chi connectivity index (χ1) is 15.9. The fourth-order valence-electron chi connectivity index (χ4n) is 2.78. The molecule has 1 heterocycles. The van der Waals surface area contributed by atoms with E-state index in [0.29, 0.717) is 11.6 Å². The van der Waals surface area contributed by atoms with Crippen molar-refractivity contribution in [3.63, 3.8) is 0 Å². The number of ether oxygens (including phenoxy) is 4. The van der Waals surface area contributed by atoms with E-state index >= 15 is 0 Å². The Balaban J connectivity index is 1.65. The van der Waals surface area contributed by atoms with E-state index in [0.717, 1.165) is 5.56 Å². The molecule has 33 heavy (non-hydrogen) atoms. The number of nitrogens with zero attached hydrogens (tertiary/aromatic N) is 1. The molecule has 0 aliphatic rings. The number of hydrogen-bond donors (Lipinski definition) is 2. The first kappa shape index (κ1) is 23.3. The fourth-order valence-corrected chi connectivity index (χ4v) is 2.78. The van der Waals surface area contributed by atoms with Gasteiger partial charge in [0.05, 0.1) is 14.2 Å². The highest BCUT2D eigenvalue weighted by Crippen LogP contribution is 2.38. The van der Waals surface area contributed by atoms with Gasteiger partial charge in [-0.25, -0.2) is 9.37 Å². The minimum Gasteiger partial charge on any atom is -0.493 e. The molecule has 2 amide bonds. The Morgan fingerprint density at radius 2 is 1.70 bits per heavy atom. The van der Waals surface area contributed by atoms with Crippen molar-refractivity contribution >= 4 is 11.8 Å². The fraction of sp³-hybridized carbons (Fsp3) is 0.174. The first-order valence-corrected chi connectivity index (χ1v) is 9.73. The molecule has 2 aromatic carbocycles. The van der Waals surface area contributed by atoms with Crippen LogP contribution in [0.3, 0.4) is 0 Å². The summed E-state index contributed by atoms with van der Waals surface area (Å²) >= 11 is 0. The van der Waals surface area contributed by atoms with E-state index in [4.69, 9.17) is 24.7 Å². The molecule has 172 valence electrons. The molecule has 0 unspecified atom stereocenters. The molecule has 0 saturated carbocycles. The predicted octanol–water partition coefficient (Wildman–Crippen LogP) is 2.82. The molecule has 3 rings (SSSR count). The maximum absolute atomic E-state index is 13.0. The molecule has 0 fully saturated rings. The largest absolute Gasteiger partial charge is 0.493 e. The number of amides is 2. The van der Waals surface area contributed by atoms with Gasteiger partial charge in [0.25, 0.3) is 11.8 Å². The van der Waals surface area contributed by atoms with Crippen LogP contribution >= 0.6 is 0 Å². The number of rotatable bonds is 10. The summed E-state index contributed by atoms with van der Waals surface area (Å²) in [5.74, 6) is -0.0349. The third-order valence-electron chi connectivity index (χ3n) is 4.37. The number of primary amides is 1. The lowest BCUT2D eigenvalue weighted by molar-refractivity contribution is -0.120. The van der Waals surface area contributed by atoms with Crippen molar-refractivity contribution in [1.29, 1.82) is 0 Å². The Labute approximate surface area is 189 Å². The van der Waals surface area contributed by atoms with Gasteiger partial charge in [-0.15, -0.1) is 0 Å². The molecule has 1 aromatic heterocycles. The second kappa shape index (κ2) is 10.8. The van der Waals surface area contributed by atoms with Crippen LogP contribution in [0.25, 0.3) is 0 Å². The van der Waals surface area contributed by atoms with Gasteiger partial charge in [0.1, 0.15) is 11.6 Å². The van der Waals surface area contributed by atoms with Crippen molar-refractivity contribution in [2.24, 2.45) is 5.73 Å². The van der Waals surface area contributed by atoms with E-state index in [9.17, 15) is 14.0 Å². The lowest BCUT2D eigenvalue weighted by atomic mass is 10.1. The highest BCUT2D eigenvalue weighted by atomic mass is 19.1. The number of carbonyl (C=O) groups excluding carboxylic acids is 2. The maximum Gasteiger partial charge on any atom is 0.255 e. The lowest BCUT2D eigenvalue weighted by Crippen LogP contribution is -2.23. The van der Waals surface area contributed by atoms with Gasteiger partial charge in [-0.2, -0.15) is 0 Å². The number of hydrogen-bond acceptors (Lipinski definition) is 7. The zero-order valence-corrected chi connectivity index (χ0v) is 18.0. The van der Waals surface area contributed by atoms with Gasteiger partial charge in [-0.3, -0.25) is 9.59 Å². The summed E-state index contributed by atoms with van der Waals surface area (Å²) < 4.78 is 34.4. The predicted molar refractivity (Wildman–Crippen MR) is 116 cm³/mol. The van der Waals surface area contributed by atoms with E-state index < -0.39 is 5.91 Å². The number of nitrogens with two attached hydrogens (primary N) is 1. The summed E-state index contributed by atoms with van der Waals surface area (Å²) in [7, 11) is 2.80. The summed E-state index contributed by atoms with van der Waals surface area (Å²) in [5, 5.41) is 2.78. The van der Waals surface area contributed by atoms with Crippen molar-refractivity contribution in [1.82, 2.24) is 10.3 Å². The second-order valence-electron chi connectivity index (χ2n) is 6.71. The molecule has 0 spiro atoms. The normalized spacial score (nSPS) is 10.3. The van der Waals surface area contributed by atoms with Crippen LogP contribution < -0.4 is 30.0 Å². The third-order valence-corrected chi connectivity index (χ3v) is 4.37. The van der Waals surface area contributed by atoms with Gasteiger partial charge < -0.3 is 30.0 Å². The Morgan fingerprint density at radius 3 is 2.24 bits per heavy atom. The third kappa shape index (κ3) is 6.33. The number of methoxy groups -OCH3 is 2. The molecule has 3 N–H and O–H groups in total. The number of aromatic nitrogens is 1. The van der Waals surface area contributed by atoms with Crippen LogP contribution in [0, 0.1) is 5.82 Å². The van der Waals surface area contributed by atoms with Crippen LogP contribution in [-0.2, 0) is 11.3 Å². The second-order valence-corrected chi connectivity index (χ2v) is 6.71. The minimum atomic E-state index is -0.663. The zero-order chi connectivity index (χ0) is 23.8. The van der Waals surface area contributed by atoms with Crippen molar-refractivity contribution < 1.29 is 32.9 Å². The summed E-state index contributed by atoms with van der Waals surface area (Å²) in [5.41, 5.74) is 6.11. The first-order valence-electron chi connectivity index (χ1n) is 9.73. The van der Waals surface area contributed by atoms with Crippen molar-refractivity contribution in [2.75, 3.05) is 20.8 Å². The quantitative estimate of drug-likeness (QED) is 0.482. The molecule has 0 radical (unpaired) electrons. The zero-order valence-electron chi connectivity index (χ0n) is 18.0. The number of benzene rings is 2. The van der Waals surface area contributed by atoms with Gasteiger partial charge in [0, 0.05) is 24.4 Å². The van der Waals surface area contributed by atoms with Crippen LogP contribution in [0.5, 0.6) is 28.9 Å². The molecular weight excluding hydrogens is 433 g/mol. The molecule has 0 saturated heterocycles. The minimum absolute atomic E-state index is 0.163. The van der Waals surface area contributed by atoms with E-state index in [1.807, 2.05) is 0 Å². The number of nitrogens with one attached hydrogen (secondary N) is 1. The molecule has 0 aliphatic heterocycles. The monoisotopic (exact) mass is 455 g/mol. The van der Waals surface area contributed by atoms with Crippen LogP contribution in [0.15, 0.2) is 54.7 Å². The van der Waals surface area contributed by atoms with Gasteiger partial charge >= 0.3 is 0 Å². The van der Waals surface area contributed by atoms with Gasteiger partial charge in [0.2, 0.25) is 11.6 Å². The van der Waals surface area contributed by atoms with Gasteiger partial charge in [0.15, 0.2) is 18.1 Å². The Hall–Kier alpha value is -4.34. The topological polar surface area (TPSA) is 122 Å². The standard InChI is InChI=1S/C23H22FN3O6/c1-30-18-9-15(10-19(31-2)22(18)32-13-20(25)28)23(29)27-12-14-3-8-21(26-11-14)33-17-6-4-16(24)5-7-17/h3-11H,12-13H2,1-2H3,(H2,25,28)(H,27,29). The molecular formula is C23H22FN3O6. The smallest absolute Gasteiger partial charge is 0.255 e. The number of pyridine rings is 1. The molecule has 9 nitrogen and oxygen atoms in total. The van der Waals surface area contributed by atoms with Crippen LogP contribution in [0.4, 0.5) is 4.39 Å². The lowest BCUT2D eigenvalue weighted by Gasteiger charge is -2.15. The van der Waals surface area contributed by atoms with Gasteiger partial charge in [-0.05, 0) is 42.0 Å². The van der Waals surface area contributed by atoms with Crippen LogP contribution in [-0.4, -0.2) is 37.6 Å². The average molecular weight is 455 g/mol. The van der Waals surface area contributed by atoms with E-state index in [1.165, 1.54) is 50.6 Å². The summed E-state index contributed by atoms with van der Waals surface area (Å²) in [4.78, 5) is 27.9. The molecule has 10 heteroatoms. The highest BCUT2D eigenvalue weighted by Gasteiger charge is 2.18. The number of halogens is 1. The van der Waals surface area contributed by atoms with Crippen LogP contribution in [0.1, 0.15) is 15.9 Å². The Bertz CT molecular complexity index is 1100. The molecule has 0 bridgehead atoms. The Kier molecular flexibility index (Phi) is 7.64. The molecule has 3 aromatic rings. The number of carbonyl (C=O) groups is 2. The van der Waals surface area contributed by atoms with Crippen molar-refractivity contribution in [3.8, 4) is 28.9 Å². The van der Waals surface area contributed by atoms with E-state index in [-0.39, 0.29) is 47.7 Å². The Morgan fingerprint density at radius 1 is 1.03 bits per heavy atom. The van der Waals surface area contributed by atoms with Gasteiger partial charge in [-0.1, -0.05) is 6.07 Å². The average Bonchev–Trinajstić information content (AvgIpc) is 2.82.